The molecule has 0 radical (unpaired) electrons. The smallest absolute Gasteiger partial charge is 0.269 e. The van der Waals surface area contributed by atoms with Gasteiger partial charge in [-0.05, 0) is 38.3 Å². The van der Waals surface area contributed by atoms with Crippen LogP contribution in [0.15, 0.2) is 18.2 Å². The lowest BCUT2D eigenvalue weighted by atomic mass is 10.0. The highest BCUT2D eigenvalue weighted by molar-refractivity contribution is 5.96. The molecule has 1 saturated heterocycles. The zero-order valence-corrected chi connectivity index (χ0v) is 14.1. The van der Waals surface area contributed by atoms with Crippen molar-refractivity contribution in [2.24, 2.45) is 0 Å². The quantitative estimate of drug-likeness (QED) is 0.624. The number of hydrogen-bond donors (Lipinski definition) is 0. The molecule has 2 atom stereocenters. The van der Waals surface area contributed by atoms with Gasteiger partial charge in [-0.3, -0.25) is 19.8 Å². The predicted molar refractivity (Wildman–Crippen MR) is 90.2 cm³/mol. The molecule has 2 aliphatic heterocycles. The van der Waals surface area contributed by atoms with Crippen LogP contribution in [-0.4, -0.2) is 54.1 Å². The van der Waals surface area contributed by atoms with E-state index in [-0.39, 0.29) is 23.7 Å². The van der Waals surface area contributed by atoms with E-state index in [2.05, 4.69) is 18.7 Å². The first-order valence-electron chi connectivity index (χ1n) is 8.38. The Hall–Kier alpha value is -1.99. The SMILES string of the molecule is C[C@@H]1COC[C@@H](C)N1CC(=O)N1CCCc2cc([N+](=O)[O-])ccc21. The molecule has 1 aromatic carbocycles. The maximum Gasteiger partial charge on any atom is 0.269 e. The van der Waals surface area contributed by atoms with E-state index in [9.17, 15) is 14.9 Å². The van der Waals surface area contributed by atoms with Gasteiger partial charge in [0.15, 0.2) is 0 Å². The van der Waals surface area contributed by atoms with Crippen molar-refractivity contribution < 1.29 is 14.5 Å². The van der Waals surface area contributed by atoms with Crippen molar-refractivity contribution in [1.29, 1.82) is 0 Å². The number of nitrogens with zero attached hydrogens (tertiary/aromatic N) is 3. The Bertz CT molecular complexity index is 639. The lowest BCUT2D eigenvalue weighted by Gasteiger charge is -2.39. The van der Waals surface area contributed by atoms with Gasteiger partial charge in [-0.15, -0.1) is 0 Å². The molecule has 0 aliphatic carbocycles. The van der Waals surface area contributed by atoms with Gasteiger partial charge in [-0.2, -0.15) is 0 Å². The van der Waals surface area contributed by atoms with E-state index < -0.39 is 4.92 Å². The number of morpholine rings is 1. The Morgan fingerprint density at radius 1 is 1.33 bits per heavy atom. The van der Waals surface area contributed by atoms with E-state index in [1.54, 1.807) is 17.0 Å². The van der Waals surface area contributed by atoms with Crippen molar-refractivity contribution >= 4 is 17.3 Å². The van der Waals surface area contributed by atoms with Gasteiger partial charge in [-0.1, -0.05) is 0 Å². The Balaban J connectivity index is 1.78. The molecule has 3 rings (SSSR count). The number of nitro groups is 1. The molecule has 1 fully saturated rings. The van der Waals surface area contributed by atoms with E-state index in [0.717, 1.165) is 24.1 Å². The lowest BCUT2D eigenvalue weighted by Crippen LogP contribution is -2.54. The highest BCUT2D eigenvalue weighted by Crippen LogP contribution is 2.30. The molecule has 0 bridgehead atoms. The van der Waals surface area contributed by atoms with E-state index in [1.807, 2.05) is 0 Å². The summed E-state index contributed by atoms with van der Waals surface area (Å²) in [5, 5.41) is 10.9. The molecule has 1 aromatic rings. The van der Waals surface area contributed by atoms with Gasteiger partial charge < -0.3 is 9.64 Å². The molecule has 2 heterocycles. The summed E-state index contributed by atoms with van der Waals surface area (Å²) < 4.78 is 5.51. The van der Waals surface area contributed by atoms with Crippen LogP contribution in [0, 0.1) is 10.1 Å². The number of nitro benzene ring substituents is 1. The van der Waals surface area contributed by atoms with Crippen LogP contribution in [0.25, 0.3) is 0 Å². The second-order valence-corrected chi connectivity index (χ2v) is 6.63. The molecular formula is C17H23N3O4. The molecule has 0 unspecified atom stereocenters. The molecule has 130 valence electrons. The maximum absolute atomic E-state index is 12.8. The zero-order valence-electron chi connectivity index (χ0n) is 14.1. The fraction of sp³-hybridized carbons (Fsp3) is 0.588. The molecular weight excluding hydrogens is 310 g/mol. The molecule has 1 amide bonds. The summed E-state index contributed by atoms with van der Waals surface area (Å²) in [7, 11) is 0. The molecule has 24 heavy (non-hydrogen) atoms. The summed E-state index contributed by atoms with van der Waals surface area (Å²) >= 11 is 0. The summed E-state index contributed by atoms with van der Waals surface area (Å²) in [6, 6.07) is 5.19. The van der Waals surface area contributed by atoms with Crippen LogP contribution in [0.5, 0.6) is 0 Å². The maximum atomic E-state index is 12.8. The standard InChI is InChI=1S/C17H23N3O4/c1-12-10-24-11-13(2)19(12)9-17(21)18-7-3-4-14-8-15(20(22)23)5-6-16(14)18/h5-6,8,12-13H,3-4,7,9-11H2,1-2H3/t12-,13-/m1/s1. The third kappa shape index (κ3) is 3.27. The number of hydrogen-bond acceptors (Lipinski definition) is 5. The van der Waals surface area contributed by atoms with Gasteiger partial charge in [0.2, 0.25) is 5.91 Å². The highest BCUT2D eigenvalue weighted by atomic mass is 16.6. The summed E-state index contributed by atoms with van der Waals surface area (Å²) in [5.74, 6) is 0.0467. The Morgan fingerprint density at radius 2 is 2.04 bits per heavy atom. The summed E-state index contributed by atoms with van der Waals surface area (Å²) in [4.78, 5) is 27.3. The van der Waals surface area contributed by atoms with Crippen molar-refractivity contribution in [3.63, 3.8) is 0 Å². The molecule has 0 saturated carbocycles. The number of carbonyl (C=O) groups excluding carboxylic acids is 1. The first-order valence-corrected chi connectivity index (χ1v) is 8.38. The van der Waals surface area contributed by atoms with Crippen LogP contribution in [0.1, 0.15) is 25.8 Å². The minimum Gasteiger partial charge on any atom is -0.378 e. The van der Waals surface area contributed by atoms with Crippen molar-refractivity contribution in [1.82, 2.24) is 4.90 Å². The van der Waals surface area contributed by atoms with E-state index >= 15 is 0 Å². The number of benzene rings is 1. The average molecular weight is 333 g/mol. The van der Waals surface area contributed by atoms with Gasteiger partial charge in [0.1, 0.15) is 0 Å². The van der Waals surface area contributed by atoms with Gasteiger partial charge in [0.25, 0.3) is 5.69 Å². The van der Waals surface area contributed by atoms with Gasteiger partial charge in [-0.25, -0.2) is 0 Å². The van der Waals surface area contributed by atoms with Crippen LogP contribution in [0.4, 0.5) is 11.4 Å². The van der Waals surface area contributed by atoms with Crippen LogP contribution < -0.4 is 4.90 Å². The van der Waals surface area contributed by atoms with Gasteiger partial charge in [0.05, 0.1) is 24.7 Å². The number of carbonyl (C=O) groups is 1. The summed E-state index contributed by atoms with van der Waals surface area (Å²) in [5.41, 5.74) is 1.77. The number of ether oxygens (including phenoxy) is 1. The van der Waals surface area contributed by atoms with Crippen LogP contribution >= 0.6 is 0 Å². The largest absolute Gasteiger partial charge is 0.378 e. The second-order valence-electron chi connectivity index (χ2n) is 6.63. The summed E-state index contributed by atoms with van der Waals surface area (Å²) in [6.07, 6.45) is 1.60. The van der Waals surface area contributed by atoms with Crippen LogP contribution in [-0.2, 0) is 16.0 Å². The van der Waals surface area contributed by atoms with E-state index in [1.165, 1.54) is 6.07 Å². The molecule has 0 N–H and O–H groups in total. The van der Waals surface area contributed by atoms with Crippen molar-refractivity contribution in [2.75, 3.05) is 31.2 Å². The number of fused-ring (bicyclic) bond motifs is 1. The Morgan fingerprint density at radius 3 is 2.71 bits per heavy atom. The minimum atomic E-state index is -0.391. The first-order chi connectivity index (χ1) is 11.5. The topological polar surface area (TPSA) is 75.9 Å². The fourth-order valence-electron chi connectivity index (χ4n) is 3.54. The third-order valence-electron chi connectivity index (χ3n) is 4.86. The Labute approximate surface area is 141 Å². The number of non-ortho nitro benzene ring substituents is 1. The molecule has 2 aliphatic rings. The van der Waals surface area contributed by atoms with Crippen molar-refractivity contribution in [3.8, 4) is 0 Å². The number of aryl methyl sites for hydroxylation is 1. The molecule has 0 aromatic heterocycles. The monoisotopic (exact) mass is 333 g/mol. The van der Waals surface area contributed by atoms with E-state index in [0.29, 0.717) is 26.3 Å². The van der Waals surface area contributed by atoms with Crippen molar-refractivity contribution in [2.45, 2.75) is 38.8 Å². The third-order valence-corrected chi connectivity index (χ3v) is 4.86. The first kappa shape index (κ1) is 16.9. The number of anilines is 1. The highest BCUT2D eigenvalue weighted by Gasteiger charge is 2.31. The fourth-order valence-corrected chi connectivity index (χ4v) is 3.54. The van der Waals surface area contributed by atoms with Gasteiger partial charge >= 0.3 is 0 Å². The Kier molecular flexibility index (Phi) is 4.82. The number of rotatable bonds is 3. The lowest BCUT2D eigenvalue weighted by molar-refractivity contribution is -0.384. The van der Waals surface area contributed by atoms with Gasteiger partial charge in [0, 0.05) is 36.4 Å². The van der Waals surface area contributed by atoms with Crippen LogP contribution in [0.3, 0.4) is 0 Å². The van der Waals surface area contributed by atoms with Crippen molar-refractivity contribution in [3.05, 3.63) is 33.9 Å². The minimum absolute atomic E-state index is 0.0467. The van der Waals surface area contributed by atoms with Crippen LogP contribution in [0.2, 0.25) is 0 Å². The average Bonchev–Trinajstić information content (AvgIpc) is 2.57. The zero-order chi connectivity index (χ0) is 17.3. The molecule has 7 heteroatoms. The molecule has 0 spiro atoms. The molecule has 7 nitrogen and oxygen atoms in total. The number of amides is 1. The second kappa shape index (κ2) is 6.86. The normalized spacial score (nSPS) is 24.5. The van der Waals surface area contributed by atoms with E-state index in [4.69, 9.17) is 4.74 Å². The summed E-state index contributed by atoms with van der Waals surface area (Å²) in [6.45, 7) is 6.42. The predicted octanol–water partition coefficient (Wildman–Crippen LogP) is 1.98.